The van der Waals surface area contributed by atoms with Gasteiger partial charge in [-0.2, -0.15) is 0 Å². The van der Waals surface area contributed by atoms with E-state index in [-0.39, 0.29) is 23.8 Å². The molecular formula is C25H27NO2. The second kappa shape index (κ2) is 9.23. The van der Waals surface area contributed by atoms with Crippen molar-refractivity contribution in [3.8, 4) is 5.75 Å². The van der Waals surface area contributed by atoms with Crippen LogP contribution in [0.1, 0.15) is 42.5 Å². The van der Waals surface area contributed by atoms with Crippen LogP contribution in [0.2, 0.25) is 0 Å². The predicted octanol–water partition coefficient (Wildman–Crippen LogP) is 5.34. The van der Waals surface area contributed by atoms with Gasteiger partial charge in [-0.15, -0.1) is 0 Å². The van der Waals surface area contributed by atoms with Crippen LogP contribution in [0.4, 0.5) is 0 Å². The molecule has 0 fully saturated rings. The Hall–Kier alpha value is -3.07. The molecule has 1 amide bonds. The SMILES string of the molecule is COc1ccc(C(NC(=O)C(c2ccccc2)C(C)C)c2ccccc2)cc1. The van der Waals surface area contributed by atoms with Crippen molar-refractivity contribution in [1.29, 1.82) is 0 Å². The summed E-state index contributed by atoms with van der Waals surface area (Å²) >= 11 is 0. The minimum absolute atomic E-state index is 0.0332. The van der Waals surface area contributed by atoms with Crippen LogP contribution < -0.4 is 10.1 Å². The first-order valence-corrected chi connectivity index (χ1v) is 9.64. The number of methoxy groups -OCH3 is 1. The molecule has 0 aromatic heterocycles. The monoisotopic (exact) mass is 373 g/mol. The van der Waals surface area contributed by atoms with Gasteiger partial charge in [-0.05, 0) is 34.7 Å². The highest BCUT2D eigenvalue weighted by molar-refractivity contribution is 5.84. The van der Waals surface area contributed by atoms with Crippen LogP contribution in [-0.2, 0) is 4.79 Å². The van der Waals surface area contributed by atoms with E-state index in [1.54, 1.807) is 7.11 Å². The van der Waals surface area contributed by atoms with Crippen LogP contribution in [0.5, 0.6) is 5.75 Å². The van der Waals surface area contributed by atoms with Gasteiger partial charge in [0.2, 0.25) is 5.91 Å². The molecule has 3 aromatic carbocycles. The lowest BCUT2D eigenvalue weighted by Gasteiger charge is -2.26. The molecule has 144 valence electrons. The number of carbonyl (C=O) groups is 1. The molecular weight excluding hydrogens is 346 g/mol. The van der Waals surface area contributed by atoms with Gasteiger partial charge >= 0.3 is 0 Å². The smallest absolute Gasteiger partial charge is 0.228 e. The van der Waals surface area contributed by atoms with E-state index in [1.807, 2.05) is 84.9 Å². The zero-order chi connectivity index (χ0) is 19.9. The average molecular weight is 373 g/mol. The van der Waals surface area contributed by atoms with E-state index in [2.05, 4.69) is 19.2 Å². The third-order valence-corrected chi connectivity index (χ3v) is 4.98. The lowest BCUT2D eigenvalue weighted by atomic mass is 9.87. The van der Waals surface area contributed by atoms with Crippen molar-refractivity contribution < 1.29 is 9.53 Å². The highest BCUT2D eigenvalue weighted by atomic mass is 16.5. The molecule has 2 atom stereocenters. The van der Waals surface area contributed by atoms with Crippen molar-refractivity contribution in [2.45, 2.75) is 25.8 Å². The normalized spacial score (nSPS) is 13.0. The Morgan fingerprint density at radius 2 is 1.25 bits per heavy atom. The summed E-state index contributed by atoms with van der Waals surface area (Å²) in [5.41, 5.74) is 3.11. The van der Waals surface area contributed by atoms with Crippen molar-refractivity contribution in [3.63, 3.8) is 0 Å². The second-order valence-electron chi connectivity index (χ2n) is 7.26. The second-order valence-corrected chi connectivity index (χ2v) is 7.26. The number of carbonyl (C=O) groups excluding carboxylic acids is 1. The number of ether oxygens (including phenoxy) is 1. The molecule has 0 aliphatic rings. The number of benzene rings is 3. The zero-order valence-corrected chi connectivity index (χ0v) is 16.6. The summed E-state index contributed by atoms with van der Waals surface area (Å²) in [6.07, 6.45) is 0. The molecule has 0 heterocycles. The van der Waals surface area contributed by atoms with E-state index in [4.69, 9.17) is 4.74 Å². The Kier molecular flexibility index (Phi) is 6.49. The van der Waals surface area contributed by atoms with E-state index in [0.717, 1.165) is 22.4 Å². The first-order chi connectivity index (χ1) is 13.6. The third kappa shape index (κ3) is 4.61. The highest BCUT2D eigenvalue weighted by Gasteiger charge is 2.27. The fourth-order valence-electron chi connectivity index (χ4n) is 3.53. The van der Waals surface area contributed by atoms with Crippen molar-refractivity contribution in [1.82, 2.24) is 5.32 Å². The molecule has 0 saturated carbocycles. The zero-order valence-electron chi connectivity index (χ0n) is 16.6. The Labute approximate surface area is 167 Å². The van der Waals surface area contributed by atoms with E-state index >= 15 is 0 Å². The summed E-state index contributed by atoms with van der Waals surface area (Å²) in [6.45, 7) is 4.17. The van der Waals surface area contributed by atoms with Gasteiger partial charge in [0.05, 0.1) is 19.1 Å². The number of hydrogen-bond acceptors (Lipinski definition) is 2. The molecule has 2 unspecified atom stereocenters. The van der Waals surface area contributed by atoms with Gasteiger partial charge in [0, 0.05) is 0 Å². The molecule has 3 heteroatoms. The molecule has 3 nitrogen and oxygen atoms in total. The molecule has 28 heavy (non-hydrogen) atoms. The maximum atomic E-state index is 13.3. The fourth-order valence-corrected chi connectivity index (χ4v) is 3.53. The van der Waals surface area contributed by atoms with Gasteiger partial charge in [0.15, 0.2) is 0 Å². The van der Waals surface area contributed by atoms with E-state index < -0.39 is 0 Å². The van der Waals surface area contributed by atoms with E-state index in [1.165, 1.54) is 0 Å². The van der Waals surface area contributed by atoms with Gasteiger partial charge in [-0.1, -0.05) is 86.6 Å². The summed E-state index contributed by atoms with van der Waals surface area (Å²) in [5.74, 6) is 0.817. The Morgan fingerprint density at radius 1 is 0.750 bits per heavy atom. The van der Waals surface area contributed by atoms with Gasteiger partial charge < -0.3 is 10.1 Å². The Bertz CT molecular complexity index is 873. The third-order valence-electron chi connectivity index (χ3n) is 4.98. The van der Waals surface area contributed by atoms with E-state index in [0.29, 0.717) is 0 Å². The van der Waals surface area contributed by atoms with Crippen LogP contribution in [0, 0.1) is 5.92 Å². The quantitative estimate of drug-likeness (QED) is 0.607. The van der Waals surface area contributed by atoms with Crippen molar-refractivity contribution in [3.05, 3.63) is 102 Å². The topological polar surface area (TPSA) is 38.3 Å². The predicted molar refractivity (Wildman–Crippen MR) is 113 cm³/mol. The Balaban J connectivity index is 1.93. The lowest BCUT2D eigenvalue weighted by molar-refractivity contribution is -0.124. The summed E-state index contributed by atoms with van der Waals surface area (Å²) in [4.78, 5) is 13.3. The van der Waals surface area contributed by atoms with Crippen LogP contribution in [0.25, 0.3) is 0 Å². The molecule has 0 spiro atoms. The Morgan fingerprint density at radius 3 is 1.75 bits per heavy atom. The maximum Gasteiger partial charge on any atom is 0.228 e. The van der Waals surface area contributed by atoms with Crippen LogP contribution in [0.3, 0.4) is 0 Å². The van der Waals surface area contributed by atoms with Gasteiger partial charge in [-0.25, -0.2) is 0 Å². The first kappa shape index (κ1) is 19.7. The number of hydrogen-bond donors (Lipinski definition) is 1. The van der Waals surface area contributed by atoms with Crippen molar-refractivity contribution in [2.24, 2.45) is 5.92 Å². The summed E-state index contributed by atoms with van der Waals surface area (Å²) in [5, 5.41) is 3.29. The fraction of sp³-hybridized carbons (Fsp3) is 0.240. The molecule has 0 aliphatic heterocycles. The van der Waals surface area contributed by atoms with Crippen LogP contribution in [0.15, 0.2) is 84.9 Å². The van der Waals surface area contributed by atoms with Gasteiger partial charge in [0.1, 0.15) is 5.75 Å². The van der Waals surface area contributed by atoms with E-state index in [9.17, 15) is 4.79 Å². The summed E-state index contributed by atoms with van der Waals surface area (Å²) in [6, 6.07) is 27.7. The minimum Gasteiger partial charge on any atom is -0.497 e. The van der Waals surface area contributed by atoms with Crippen LogP contribution in [-0.4, -0.2) is 13.0 Å². The number of nitrogens with one attached hydrogen (secondary N) is 1. The van der Waals surface area contributed by atoms with Crippen molar-refractivity contribution in [2.75, 3.05) is 7.11 Å². The number of rotatable bonds is 7. The van der Waals surface area contributed by atoms with Gasteiger partial charge in [-0.3, -0.25) is 4.79 Å². The standard InChI is InChI=1S/C25H27NO2/c1-18(2)23(19-10-6-4-7-11-19)25(27)26-24(20-12-8-5-9-13-20)21-14-16-22(28-3)17-15-21/h4-18,23-24H,1-3H3,(H,26,27). The van der Waals surface area contributed by atoms with Crippen molar-refractivity contribution >= 4 is 5.91 Å². The first-order valence-electron chi connectivity index (χ1n) is 9.64. The average Bonchev–Trinajstić information content (AvgIpc) is 2.73. The molecule has 3 aromatic rings. The number of amides is 1. The van der Waals surface area contributed by atoms with Crippen LogP contribution >= 0.6 is 0 Å². The largest absolute Gasteiger partial charge is 0.497 e. The van der Waals surface area contributed by atoms with Gasteiger partial charge in [0.25, 0.3) is 0 Å². The maximum absolute atomic E-state index is 13.3. The molecule has 3 rings (SSSR count). The highest BCUT2D eigenvalue weighted by Crippen LogP contribution is 2.29. The summed E-state index contributed by atoms with van der Waals surface area (Å²) < 4.78 is 5.28. The molecule has 0 radical (unpaired) electrons. The molecule has 1 N–H and O–H groups in total. The minimum atomic E-state index is -0.218. The molecule has 0 saturated heterocycles. The molecule has 0 bridgehead atoms. The summed E-state index contributed by atoms with van der Waals surface area (Å²) in [7, 11) is 1.65. The molecule has 0 aliphatic carbocycles. The lowest BCUT2D eigenvalue weighted by Crippen LogP contribution is -2.35.